The van der Waals surface area contributed by atoms with Crippen molar-refractivity contribution in [1.29, 1.82) is 0 Å². The molecule has 0 unspecified atom stereocenters. The number of nitrogens with one attached hydrogen (secondary N) is 2. The lowest BCUT2D eigenvalue weighted by atomic mass is 10.1. The van der Waals surface area contributed by atoms with Gasteiger partial charge in [0.2, 0.25) is 15.9 Å². The molecule has 0 saturated heterocycles. The SMILES string of the molecule is O=C(CNS(=O)(=O)c1ccc2c(c1)COC2)NCc1ccccc1. The number of rotatable bonds is 6. The van der Waals surface area contributed by atoms with Gasteiger partial charge in [-0.25, -0.2) is 13.1 Å². The van der Waals surface area contributed by atoms with Gasteiger partial charge in [0, 0.05) is 6.54 Å². The molecule has 0 aromatic heterocycles. The van der Waals surface area contributed by atoms with Crippen molar-refractivity contribution in [3.63, 3.8) is 0 Å². The average molecular weight is 346 g/mol. The van der Waals surface area contributed by atoms with Gasteiger partial charge < -0.3 is 10.1 Å². The molecule has 0 atom stereocenters. The van der Waals surface area contributed by atoms with Gasteiger partial charge in [-0.05, 0) is 28.8 Å². The minimum atomic E-state index is -3.73. The highest BCUT2D eigenvalue weighted by atomic mass is 32.2. The van der Waals surface area contributed by atoms with Crippen LogP contribution >= 0.6 is 0 Å². The first-order valence-corrected chi connectivity index (χ1v) is 9.03. The minimum absolute atomic E-state index is 0.141. The van der Waals surface area contributed by atoms with E-state index in [-0.39, 0.29) is 17.3 Å². The Morgan fingerprint density at radius 2 is 1.79 bits per heavy atom. The van der Waals surface area contributed by atoms with Gasteiger partial charge in [0.1, 0.15) is 0 Å². The lowest BCUT2D eigenvalue weighted by Crippen LogP contribution is -2.36. The number of benzene rings is 2. The smallest absolute Gasteiger partial charge is 0.241 e. The average Bonchev–Trinajstić information content (AvgIpc) is 3.07. The lowest BCUT2D eigenvalue weighted by molar-refractivity contribution is -0.120. The number of carbonyl (C=O) groups excluding carboxylic acids is 1. The molecule has 1 aliphatic rings. The number of hydrogen-bond donors (Lipinski definition) is 2. The van der Waals surface area contributed by atoms with Crippen LogP contribution in [0.3, 0.4) is 0 Å². The summed E-state index contributed by atoms with van der Waals surface area (Å²) in [6.07, 6.45) is 0. The second-order valence-corrected chi connectivity index (χ2v) is 7.28. The number of carbonyl (C=O) groups is 1. The Labute approximate surface area is 140 Å². The zero-order valence-corrected chi connectivity index (χ0v) is 13.8. The molecule has 0 spiro atoms. The normalized spacial score (nSPS) is 13.5. The molecule has 2 aromatic rings. The molecule has 0 saturated carbocycles. The van der Waals surface area contributed by atoms with Crippen LogP contribution in [0, 0.1) is 0 Å². The van der Waals surface area contributed by atoms with Gasteiger partial charge in [0.05, 0.1) is 24.7 Å². The molecule has 1 aliphatic heterocycles. The molecule has 24 heavy (non-hydrogen) atoms. The van der Waals surface area contributed by atoms with Crippen LogP contribution in [0.25, 0.3) is 0 Å². The molecule has 1 amide bonds. The molecular formula is C17H18N2O4S. The minimum Gasteiger partial charge on any atom is -0.372 e. The molecule has 2 N–H and O–H groups in total. The van der Waals surface area contributed by atoms with E-state index < -0.39 is 10.0 Å². The van der Waals surface area contributed by atoms with E-state index in [9.17, 15) is 13.2 Å². The summed E-state index contributed by atoms with van der Waals surface area (Å²) in [6, 6.07) is 14.3. The Kier molecular flexibility index (Phi) is 4.94. The summed E-state index contributed by atoms with van der Waals surface area (Å²) < 4.78 is 32.2. The topological polar surface area (TPSA) is 84.5 Å². The van der Waals surface area contributed by atoms with E-state index >= 15 is 0 Å². The Bertz CT molecular complexity index is 835. The van der Waals surface area contributed by atoms with Gasteiger partial charge in [0.25, 0.3) is 0 Å². The molecule has 6 nitrogen and oxygen atoms in total. The highest BCUT2D eigenvalue weighted by Gasteiger charge is 2.19. The summed E-state index contributed by atoms with van der Waals surface area (Å²) in [6.45, 7) is 0.974. The summed E-state index contributed by atoms with van der Waals surface area (Å²) >= 11 is 0. The second kappa shape index (κ2) is 7.12. The molecule has 2 aromatic carbocycles. The monoisotopic (exact) mass is 346 g/mol. The van der Waals surface area contributed by atoms with Crippen LogP contribution in [0.5, 0.6) is 0 Å². The van der Waals surface area contributed by atoms with Crippen LogP contribution in [0.4, 0.5) is 0 Å². The van der Waals surface area contributed by atoms with Gasteiger partial charge >= 0.3 is 0 Å². The first-order chi connectivity index (χ1) is 11.5. The van der Waals surface area contributed by atoms with Crippen molar-refractivity contribution in [3.05, 3.63) is 65.2 Å². The quantitative estimate of drug-likeness (QED) is 0.826. The third-order valence-electron chi connectivity index (χ3n) is 3.76. The molecular weight excluding hydrogens is 328 g/mol. The van der Waals surface area contributed by atoms with E-state index in [0.717, 1.165) is 16.7 Å². The highest BCUT2D eigenvalue weighted by Crippen LogP contribution is 2.22. The molecule has 7 heteroatoms. The number of fused-ring (bicyclic) bond motifs is 1. The number of hydrogen-bond acceptors (Lipinski definition) is 4. The maximum Gasteiger partial charge on any atom is 0.241 e. The number of sulfonamides is 1. The standard InChI is InChI=1S/C17H18N2O4S/c20-17(18-9-13-4-2-1-3-5-13)10-19-24(21,22)16-7-6-14-11-23-12-15(14)8-16/h1-8,19H,9-12H2,(H,18,20). The van der Waals surface area contributed by atoms with Crippen LogP contribution in [-0.4, -0.2) is 20.9 Å². The predicted octanol–water partition coefficient (Wildman–Crippen LogP) is 1.31. The maximum absolute atomic E-state index is 12.3. The molecule has 0 bridgehead atoms. The van der Waals surface area contributed by atoms with E-state index in [1.54, 1.807) is 12.1 Å². The summed E-state index contributed by atoms with van der Waals surface area (Å²) in [5.41, 5.74) is 2.81. The van der Waals surface area contributed by atoms with Crippen molar-refractivity contribution in [3.8, 4) is 0 Å². The third kappa shape index (κ3) is 4.00. The Morgan fingerprint density at radius 3 is 2.58 bits per heavy atom. The van der Waals surface area contributed by atoms with Crippen molar-refractivity contribution in [1.82, 2.24) is 10.0 Å². The Hall–Kier alpha value is -2.22. The molecule has 0 fully saturated rings. The largest absolute Gasteiger partial charge is 0.372 e. The zero-order chi connectivity index (χ0) is 17.0. The van der Waals surface area contributed by atoms with Crippen molar-refractivity contribution in [2.75, 3.05) is 6.54 Å². The van der Waals surface area contributed by atoms with Gasteiger partial charge in [-0.2, -0.15) is 0 Å². The van der Waals surface area contributed by atoms with Crippen molar-refractivity contribution >= 4 is 15.9 Å². The van der Waals surface area contributed by atoms with Crippen molar-refractivity contribution in [2.45, 2.75) is 24.7 Å². The Morgan fingerprint density at radius 1 is 1.04 bits per heavy atom. The van der Waals surface area contributed by atoms with Gasteiger partial charge in [-0.15, -0.1) is 0 Å². The fourth-order valence-corrected chi connectivity index (χ4v) is 3.45. The summed E-state index contributed by atoms with van der Waals surface area (Å²) in [5, 5.41) is 2.68. The maximum atomic E-state index is 12.3. The van der Waals surface area contributed by atoms with E-state index in [0.29, 0.717) is 19.8 Å². The first kappa shape index (κ1) is 16.6. The van der Waals surface area contributed by atoms with Crippen LogP contribution in [0.1, 0.15) is 16.7 Å². The van der Waals surface area contributed by atoms with Gasteiger partial charge in [0.15, 0.2) is 0 Å². The fourth-order valence-electron chi connectivity index (χ4n) is 2.42. The van der Waals surface area contributed by atoms with Crippen LogP contribution < -0.4 is 10.0 Å². The van der Waals surface area contributed by atoms with Crippen molar-refractivity contribution in [2.24, 2.45) is 0 Å². The summed E-state index contributed by atoms with van der Waals surface area (Å²) in [5.74, 6) is -0.382. The third-order valence-corrected chi connectivity index (χ3v) is 5.16. The molecule has 0 radical (unpaired) electrons. The molecule has 0 aliphatic carbocycles. The first-order valence-electron chi connectivity index (χ1n) is 7.54. The predicted molar refractivity (Wildman–Crippen MR) is 88.4 cm³/mol. The van der Waals surface area contributed by atoms with Crippen LogP contribution in [-0.2, 0) is 39.3 Å². The second-order valence-electron chi connectivity index (χ2n) is 5.51. The van der Waals surface area contributed by atoms with Crippen molar-refractivity contribution < 1.29 is 17.9 Å². The zero-order valence-electron chi connectivity index (χ0n) is 13.0. The molecule has 1 heterocycles. The number of amides is 1. The lowest BCUT2D eigenvalue weighted by Gasteiger charge is -2.09. The van der Waals surface area contributed by atoms with E-state index in [1.165, 1.54) is 6.07 Å². The van der Waals surface area contributed by atoms with Gasteiger partial charge in [-0.3, -0.25) is 4.79 Å². The van der Waals surface area contributed by atoms with E-state index in [4.69, 9.17) is 4.74 Å². The van der Waals surface area contributed by atoms with Crippen LogP contribution in [0.15, 0.2) is 53.4 Å². The van der Waals surface area contributed by atoms with Gasteiger partial charge in [-0.1, -0.05) is 36.4 Å². The molecule has 3 rings (SSSR count). The molecule has 126 valence electrons. The Balaban J connectivity index is 1.56. The highest BCUT2D eigenvalue weighted by molar-refractivity contribution is 7.89. The summed E-state index contributed by atoms with van der Waals surface area (Å²) in [4.78, 5) is 12.0. The number of ether oxygens (including phenoxy) is 1. The fraction of sp³-hybridized carbons (Fsp3) is 0.235. The van der Waals surface area contributed by atoms with E-state index in [2.05, 4.69) is 10.0 Å². The van der Waals surface area contributed by atoms with Crippen LogP contribution in [0.2, 0.25) is 0 Å². The van der Waals surface area contributed by atoms with E-state index in [1.807, 2.05) is 30.3 Å². The summed E-state index contributed by atoms with van der Waals surface area (Å²) in [7, 11) is -3.73.